The maximum absolute atomic E-state index is 12.8. The number of aromatic nitrogens is 4. The maximum atomic E-state index is 12.8. The second kappa shape index (κ2) is 7.77. The average molecular weight is 461 g/mol. The zero-order valence-electron chi connectivity index (χ0n) is 19.7. The van der Waals surface area contributed by atoms with E-state index in [1.165, 1.54) is 12.4 Å². The largest absolute Gasteiger partial charge is 0.441 e. The molecule has 1 spiro atoms. The van der Waals surface area contributed by atoms with Gasteiger partial charge in [0.15, 0.2) is 5.82 Å². The highest BCUT2D eigenvalue weighted by Crippen LogP contribution is 2.47. The first kappa shape index (κ1) is 22.3. The number of carbonyl (C=O) groups is 1. The molecule has 1 aliphatic heterocycles. The van der Waals surface area contributed by atoms with Crippen molar-refractivity contribution in [3.63, 3.8) is 0 Å². The van der Waals surface area contributed by atoms with E-state index in [0.717, 1.165) is 43.3 Å². The summed E-state index contributed by atoms with van der Waals surface area (Å²) in [5.41, 5.74) is 1.05. The third-order valence-electron chi connectivity index (χ3n) is 6.98. The van der Waals surface area contributed by atoms with Crippen LogP contribution in [0.2, 0.25) is 0 Å². The molecule has 1 N–H and O–H groups in total. The van der Waals surface area contributed by atoms with E-state index in [9.17, 15) is 15.2 Å². The van der Waals surface area contributed by atoms with E-state index >= 15 is 0 Å². The molecule has 1 aliphatic carbocycles. The first-order chi connectivity index (χ1) is 16.1. The Kier molecular flexibility index (Phi) is 5.10. The summed E-state index contributed by atoms with van der Waals surface area (Å²) in [5, 5.41) is 19.4. The molecule has 0 radical (unpaired) electrons. The van der Waals surface area contributed by atoms with Crippen molar-refractivity contribution in [3.8, 4) is 6.07 Å². The highest BCUT2D eigenvalue weighted by atomic mass is 16.6. The maximum Gasteiger partial charge on any atom is 0.416 e. The van der Waals surface area contributed by atoms with Gasteiger partial charge >= 0.3 is 6.09 Å². The van der Waals surface area contributed by atoms with Crippen LogP contribution in [-0.2, 0) is 16.9 Å². The van der Waals surface area contributed by atoms with Gasteiger partial charge in [0.05, 0.1) is 53.6 Å². The fourth-order valence-corrected chi connectivity index (χ4v) is 5.39. The van der Waals surface area contributed by atoms with Gasteiger partial charge in [0.2, 0.25) is 0 Å². The number of amides is 1. The molecule has 3 heterocycles. The van der Waals surface area contributed by atoms with Gasteiger partial charge in [-0.05, 0) is 63.1 Å². The predicted octanol–water partition coefficient (Wildman–Crippen LogP) is 3.90. The van der Waals surface area contributed by atoms with E-state index in [0.29, 0.717) is 23.6 Å². The normalized spacial score (nSPS) is 25.0. The van der Waals surface area contributed by atoms with Crippen LogP contribution in [0, 0.1) is 16.7 Å². The van der Waals surface area contributed by atoms with Crippen LogP contribution >= 0.6 is 0 Å². The Hall–Kier alpha value is -3.51. The molecule has 1 saturated heterocycles. The van der Waals surface area contributed by atoms with Gasteiger partial charge in [-0.15, -0.1) is 0 Å². The predicted molar refractivity (Wildman–Crippen MR) is 125 cm³/mol. The molecule has 176 valence electrons. The number of hydrogen-bond donors (Lipinski definition) is 1. The summed E-state index contributed by atoms with van der Waals surface area (Å²) in [4.78, 5) is 27.5. The highest BCUT2D eigenvalue weighted by molar-refractivity contribution is 5.89. The Balaban J connectivity index is 1.36. The SMILES string of the molecule is CC(C)(O)c1cnc(N2C[C@@]3(CCC[C@](C)(Cn4cnc5ccc(C#N)cc54)C3)OC2=O)cn1. The second-order valence-electron chi connectivity index (χ2n) is 10.5. The van der Waals surface area contributed by atoms with E-state index in [4.69, 9.17) is 4.74 Å². The number of nitrogens with zero attached hydrogens (tertiary/aromatic N) is 6. The quantitative estimate of drug-likeness (QED) is 0.627. The van der Waals surface area contributed by atoms with E-state index < -0.39 is 17.3 Å². The lowest BCUT2D eigenvalue weighted by atomic mass is 9.68. The van der Waals surface area contributed by atoms with Crippen molar-refractivity contribution in [1.82, 2.24) is 19.5 Å². The van der Waals surface area contributed by atoms with Crippen LogP contribution in [-0.4, -0.2) is 42.9 Å². The molecule has 2 aliphatic rings. The minimum Gasteiger partial charge on any atom is -0.441 e. The van der Waals surface area contributed by atoms with Gasteiger partial charge in [0.25, 0.3) is 0 Å². The van der Waals surface area contributed by atoms with Gasteiger partial charge in [-0.25, -0.2) is 14.8 Å². The van der Waals surface area contributed by atoms with Crippen LogP contribution in [0.4, 0.5) is 10.6 Å². The number of anilines is 1. The minimum absolute atomic E-state index is 0.110. The number of hydrogen-bond acceptors (Lipinski definition) is 7. The van der Waals surface area contributed by atoms with Crippen molar-refractivity contribution in [2.24, 2.45) is 5.41 Å². The molecule has 9 nitrogen and oxygen atoms in total. The van der Waals surface area contributed by atoms with Crippen molar-refractivity contribution < 1.29 is 14.6 Å². The fraction of sp³-hybridized carbons (Fsp3) is 0.480. The summed E-state index contributed by atoms with van der Waals surface area (Å²) in [5.74, 6) is 0.423. The van der Waals surface area contributed by atoms with Crippen LogP contribution in [0.5, 0.6) is 0 Å². The molecule has 0 unspecified atom stereocenters. The number of benzene rings is 1. The van der Waals surface area contributed by atoms with E-state index in [1.807, 2.05) is 18.5 Å². The number of ether oxygens (including phenoxy) is 1. The van der Waals surface area contributed by atoms with E-state index in [2.05, 4.69) is 32.5 Å². The van der Waals surface area contributed by atoms with Gasteiger partial charge in [0, 0.05) is 6.54 Å². The van der Waals surface area contributed by atoms with Gasteiger partial charge in [-0.3, -0.25) is 9.88 Å². The molecular weight excluding hydrogens is 432 g/mol. The zero-order chi connectivity index (χ0) is 24.1. The standard InChI is InChI=1S/C25H28N6O3/c1-23(2,33)20-11-28-21(12-27-20)31-15-25(34-22(31)32)8-4-7-24(3,13-25)14-30-16-29-18-6-5-17(10-26)9-19(18)30/h5-6,9,11-12,16,33H,4,7-8,13-15H2,1-3H3/t24-,25-/m0/s1. The number of rotatable bonds is 4. The fourth-order valence-electron chi connectivity index (χ4n) is 5.39. The Morgan fingerprint density at radius 1 is 1.24 bits per heavy atom. The first-order valence-electron chi connectivity index (χ1n) is 11.5. The van der Waals surface area contributed by atoms with Crippen LogP contribution in [0.25, 0.3) is 11.0 Å². The molecule has 1 aromatic carbocycles. The molecule has 5 rings (SSSR count). The molecule has 2 aromatic heterocycles. The van der Waals surface area contributed by atoms with Crippen molar-refractivity contribution in [1.29, 1.82) is 5.26 Å². The average Bonchev–Trinajstić information content (AvgIpc) is 3.32. The summed E-state index contributed by atoms with van der Waals surface area (Å²) in [6.45, 7) is 6.65. The Labute approximate surface area is 198 Å². The van der Waals surface area contributed by atoms with E-state index in [1.54, 1.807) is 24.8 Å². The number of nitriles is 1. The number of aliphatic hydroxyl groups is 1. The third kappa shape index (κ3) is 3.99. The zero-order valence-corrected chi connectivity index (χ0v) is 19.7. The first-order valence-corrected chi connectivity index (χ1v) is 11.5. The topological polar surface area (TPSA) is 117 Å². The number of imidazole rings is 1. The molecule has 34 heavy (non-hydrogen) atoms. The van der Waals surface area contributed by atoms with Gasteiger partial charge < -0.3 is 14.4 Å². The van der Waals surface area contributed by atoms with Crippen LogP contribution < -0.4 is 4.90 Å². The molecule has 0 bridgehead atoms. The van der Waals surface area contributed by atoms with Crippen molar-refractivity contribution in [2.45, 2.75) is 64.2 Å². The summed E-state index contributed by atoms with van der Waals surface area (Å²) in [7, 11) is 0. The van der Waals surface area contributed by atoms with Crippen LogP contribution in [0.3, 0.4) is 0 Å². The summed E-state index contributed by atoms with van der Waals surface area (Å²) in [6, 6.07) is 7.72. The van der Waals surface area contributed by atoms with Crippen molar-refractivity contribution in [3.05, 3.63) is 48.2 Å². The van der Waals surface area contributed by atoms with Crippen LogP contribution in [0.15, 0.2) is 36.9 Å². The molecule has 2 fully saturated rings. The molecule has 3 aromatic rings. The van der Waals surface area contributed by atoms with E-state index in [-0.39, 0.29) is 5.41 Å². The summed E-state index contributed by atoms with van der Waals surface area (Å²) >= 11 is 0. The summed E-state index contributed by atoms with van der Waals surface area (Å²) < 4.78 is 8.10. The lowest BCUT2D eigenvalue weighted by molar-refractivity contribution is -0.0264. The highest BCUT2D eigenvalue weighted by Gasteiger charge is 2.52. The molecule has 9 heteroatoms. The monoisotopic (exact) mass is 460 g/mol. The van der Waals surface area contributed by atoms with Crippen molar-refractivity contribution in [2.75, 3.05) is 11.4 Å². The lowest BCUT2D eigenvalue weighted by Gasteiger charge is -2.43. The van der Waals surface area contributed by atoms with Gasteiger partial charge in [-0.1, -0.05) is 6.92 Å². The number of carbonyl (C=O) groups excluding carboxylic acids is 1. The summed E-state index contributed by atoms with van der Waals surface area (Å²) in [6.07, 6.45) is 7.88. The second-order valence-corrected chi connectivity index (χ2v) is 10.5. The van der Waals surface area contributed by atoms with Crippen LogP contribution in [0.1, 0.15) is 57.7 Å². The molecule has 1 amide bonds. The molecule has 2 atom stereocenters. The number of fused-ring (bicyclic) bond motifs is 1. The van der Waals surface area contributed by atoms with Gasteiger partial charge in [0.1, 0.15) is 11.2 Å². The molecular formula is C25H28N6O3. The van der Waals surface area contributed by atoms with Gasteiger partial charge in [-0.2, -0.15) is 5.26 Å². The minimum atomic E-state index is -1.10. The smallest absolute Gasteiger partial charge is 0.416 e. The van der Waals surface area contributed by atoms with Crippen molar-refractivity contribution >= 4 is 22.9 Å². The third-order valence-corrected chi connectivity index (χ3v) is 6.98. The Morgan fingerprint density at radius 3 is 2.76 bits per heavy atom. The lowest BCUT2D eigenvalue weighted by Crippen LogP contribution is -2.45. The Morgan fingerprint density at radius 2 is 2.06 bits per heavy atom. The Bertz CT molecular complexity index is 1290. The molecule has 1 saturated carbocycles.